The molecule has 0 amide bonds. The Bertz CT molecular complexity index is 814. The number of rotatable bonds is 3. The first-order valence-electron chi connectivity index (χ1n) is 8.14. The average molecular weight is 323 g/mol. The molecule has 0 bridgehead atoms. The molecule has 2 heterocycles. The van der Waals surface area contributed by atoms with Crippen LogP contribution >= 0.6 is 0 Å². The Morgan fingerprint density at radius 1 is 1.17 bits per heavy atom. The molecular weight excluding hydrogens is 302 g/mol. The second kappa shape index (κ2) is 5.31. The van der Waals surface area contributed by atoms with Crippen LogP contribution in [0.15, 0.2) is 47.7 Å². The minimum absolute atomic E-state index is 0.270. The van der Waals surface area contributed by atoms with E-state index in [0.717, 1.165) is 35.3 Å². The van der Waals surface area contributed by atoms with Gasteiger partial charge in [0.1, 0.15) is 22.7 Å². The molecule has 1 unspecified atom stereocenters. The van der Waals surface area contributed by atoms with Gasteiger partial charge in [-0.3, -0.25) is 9.98 Å². The van der Waals surface area contributed by atoms with Crippen molar-refractivity contribution in [1.82, 2.24) is 4.98 Å². The zero-order valence-electron chi connectivity index (χ0n) is 14.0. The molecule has 1 aliphatic carbocycles. The maximum Gasteiger partial charge on any atom is 0.137 e. The highest BCUT2D eigenvalue weighted by Gasteiger charge is 2.52. The highest BCUT2D eigenvalue weighted by molar-refractivity contribution is 5.92. The number of aliphatic imine (C=N–C) groups is 1. The lowest BCUT2D eigenvalue weighted by molar-refractivity contribution is 0.0299. The zero-order chi connectivity index (χ0) is 16.8. The van der Waals surface area contributed by atoms with Gasteiger partial charge in [-0.1, -0.05) is 18.2 Å². The molecule has 1 saturated carbocycles. The molecule has 2 aliphatic rings. The summed E-state index contributed by atoms with van der Waals surface area (Å²) in [5.41, 5.74) is 8.61. The summed E-state index contributed by atoms with van der Waals surface area (Å²) in [6.45, 7) is 2.62. The summed E-state index contributed by atoms with van der Waals surface area (Å²) in [6.07, 6.45) is 5.49. The molecule has 2 aromatic rings. The second-order valence-electron chi connectivity index (χ2n) is 6.75. The van der Waals surface area contributed by atoms with Crippen molar-refractivity contribution in [2.24, 2.45) is 10.7 Å². The lowest BCUT2D eigenvalue weighted by atomic mass is 9.90. The molecule has 24 heavy (non-hydrogen) atoms. The van der Waals surface area contributed by atoms with Crippen LogP contribution in [0.1, 0.15) is 25.3 Å². The van der Waals surface area contributed by atoms with E-state index in [9.17, 15) is 0 Å². The van der Waals surface area contributed by atoms with Gasteiger partial charge < -0.3 is 15.2 Å². The Morgan fingerprint density at radius 2 is 2.00 bits per heavy atom. The summed E-state index contributed by atoms with van der Waals surface area (Å²) >= 11 is 0. The number of nitrogens with two attached hydrogens (primary N) is 1. The van der Waals surface area contributed by atoms with E-state index in [1.165, 1.54) is 0 Å². The molecule has 1 aromatic heterocycles. The van der Waals surface area contributed by atoms with Crippen LogP contribution < -0.4 is 10.5 Å². The SMILES string of the molecule is COc1cncc(-c2cccc(C3(C)COC4(CC4)C(N)=N3)c2)c1. The lowest BCUT2D eigenvalue weighted by Crippen LogP contribution is -2.45. The van der Waals surface area contributed by atoms with Crippen LogP contribution in [0.3, 0.4) is 0 Å². The van der Waals surface area contributed by atoms with Crippen molar-refractivity contribution in [2.75, 3.05) is 13.7 Å². The van der Waals surface area contributed by atoms with Crippen LogP contribution in [-0.2, 0) is 10.3 Å². The minimum atomic E-state index is -0.458. The van der Waals surface area contributed by atoms with Gasteiger partial charge in [0.15, 0.2) is 0 Å². The van der Waals surface area contributed by atoms with Gasteiger partial charge in [0.2, 0.25) is 0 Å². The Kier molecular flexibility index (Phi) is 3.35. The smallest absolute Gasteiger partial charge is 0.137 e. The highest BCUT2D eigenvalue weighted by atomic mass is 16.5. The molecule has 0 saturated heterocycles. The summed E-state index contributed by atoms with van der Waals surface area (Å²) < 4.78 is 11.3. The number of aromatic nitrogens is 1. The van der Waals surface area contributed by atoms with Crippen LogP contribution in [0.2, 0.25) is 0 Å². The van der Waals surface area contributed by atoms with E-state index in [4.69, 9.17) is 20.2 Å². The molecule has 124 valence electrons. The number of hydrogen-bond acceptors (Lipinski definition) is 5. The first-order chi connectivity index (χ1) is 11.5. The Hall–Kier alpha value is -2.40. The number of ether oxygens (including phenoxy) is 2. The summed E-state index contributed by atoms with van der Waals surface area (Å²) in [4.78, 5) is 9.03. The second-order valence-corrected chi connectivity index (χ2v) is 6.75. The molecule has 2 N–H and O–H groups in total. The van der Waals surface area contributed by atoms with E-state index in [2.05, 4.69) is 30.1 Å². The number of nitrogens with zero attached hydrogens (tertiary/aromatic N) is 2. The third kappa shape index (κ3) is 2.45. The van der Waals surface area contributed by atoms with Gasteiger partial charge in [-0.15, -0.1) is 0 Å². The Balaban J connectivity index is 1.71. The molecule has 5 heteroatoms. The average Bonchev–Trinajstić information content (AvgIpc) is 3.40. The summed E-state index contributed by atoms with van der Waals surface area (Å²) in [7, 11) is 1.64. The fraction of sp³-hybridized carbons (Fsp3) is 0.368. The zero-order valence-corrected chi connectivity index (χ0v) is 14.0. The molecule has 1 aliphatic heterocycles. The monoisotopic (exact) mass is 323 g/mol. The molecule has 1 atom stereocenters. The van der Waals surface area contributed by atoms with Crippen molar-refractivity contribution in [2.45, 2.75) is 30.9 Å². The van der Waals surface area contributed by atoms with E-state index in [1.54, 1.807) is 13.3 Å². The Morgan fingerprint density at radius 3 is 2.71 bits per heavy atom. The fourth-order valence-corrected chi connectivity index (χ4v) is 3.14. The van der Waals surface area contributed by atoms with Crippen LogP contribution in [0.5, 0.6) is 5.75 Å². The quantitative estimate of drug-likeness (QED) is 0.943. The maximum absolute atomic E-state index is 6.17. The van der Waals surface area contributed by atoms with Crippen molar-refractivity contribution >= 4 is 5.84 Å². The predicted molar refractivity (Wildman–Crippen MR) is 93.1 cm³/mol. The van der Waals surface area contributed by atoms with Crippen molar-refractivity contribution in [3.63, 3.8) is 0 Å². The number of hydrogen-bond donors (Lipinski definition) is 1. The van der Waals surface area contributed by atoms with Crippen molar-refractivity contribution in [3.05, 3.63) is 48.3 Å². The summed E-state index contributed by atoms with van der Waals surface area (Å²) in [6, 6.07) is 10.3. The van der Waals surface area contributed by atoms with Crippen LogP contribution in [0.4, 0.5) is 0 Å². The van der Waals surface area contributed by atoms with E-state index >= 15 is 0 Å². The molecule has 1 fully saturated rings. The van der Waals surface area contributed by atoms with E-state index < -0.39 is 5.54 Å². The van der Waals surface area contributed by atoms with Crippen LogP contribution in [-0.4, -0.2) is 30.1 Å². The third-order valence-corrected chi connectivity index (χ3v) is 4.93. The van der Waals surface area contributed by atoms with Crippen LogP contribution in [0.25, 0.3) is 11.1 Å². The van der Waals surface area contributed by atoms with E-state index in [-0.39, 0.29) is 5.60 Å². The predicted octanol–water partition coefficient (Wildman–Crippen LogP) is 2.89. The molecule has 1 aromatic carbocycles. The number of amidine groups is 1. The molecule has 0 radical (unpaired) electrons. The van der Waals surface area contributed by atoms with Crippen molar-refractivity contribution in [3.8, 4) is 16.9 Å². The molecule has 4 rings (SSSR count). The number of pyridine rings is 1. The van der Waals surface area contributed by atoms with Crippen LogP contribution in [0, 0.1) is 0 Å². The van der Waals surface area contributed by atoms with Gasteiger partial charge in [0, 0.05) is 11.8 Å². The number of methoxy groups -OCH3 is 1. The van der Waals surface area contributed by atoms with Crippen molar-refractivity contribution < 1.29 is 9.47 Å². The lowest BCUT2D eigenvalue weighted by Gasteiger charge is -2.34. The summed E-state index contributed by atoms with van der Waals surface area (Å²) in [5, 5.41) is 0. The van der Waals surface area contributed by atoms with Gasteiger partial charge in [-0.05, 0) is 43.0 Å². The van der Waals surface area contributed by atoms with Gasteiger partial charge in [0.25, 0.3) is 0 Å². The summed E-state index contributed by atoms with van der Waals surface area (Å²) in [5.74, 6) is 1.37. The fourth-order valence-electron chi connectivity index (χ4n) is 3.14. The van der Waals surface area contributed by atoms with E-state index in [1.807, 2.05) is 18.3 Å². The highest BCUT2D eigenvalue weighted by Crippen LogP contribution is 2.45. The van der Waals surface area contributed by atoms with Gasteiger partial charge >= 0.3 is 0 Å². The van der Waals surface area contributed by atoms with Gasteiger partial charge in [-0.2, -0.15) is 0 Å². The van der Waals surface area contributed by atoms with Crippen molar-refractivity contribution in [1.29, 1.82) is 0 Å². The largest absolute Gasteiger partial charge is 0.495 e. The Labute approximate surface area is 141 Å². The van der Waals surface area contributed by atoms with Gasteiger partial charge in [-0.25, -0.2) is 0 Å². The molecule has 5 nitrogen and oxygen atoms in total. The minimum Gasteiger partial charge on any atom is -0.495 e. The van der Waals surface area contributed by atoms with Gasteiger partial charge in [0.05, 0.1) is 19.9 Å². The standard InChI is InChI=1S/C19H21N3O2/c1-18(12-24-19(6-7-19)17(20)22-18)15-5-3-4-13(8-15)14-9-16(23-2)11-21-10-14/h3-5,8-11H,6-7,12H2,1-2H3,(H2,20,22). The molecule has 1 spiro atoms. The van der Waals surface area contributed by atoms with E-state index in [0.29, 0.717) is 12.4 Å². The third-order valence-electron chi connectivity index (χ3n) is 4.93. The normalized spacial score (nSPS) is 24.5. The first kappa shape index (κ1) is 15.1. The molecular formula is C19H21N3O2. The maximum atomic E-state index is 6.17. The first-order valence-corrected chi connectivity index (χ1v) is 8.14. The number of benzene rings is 1. The topological polar surface area (TPSA) is 69.7 Å².